The van der Waals surface area contributed by atoms with Gasteiger partial charge in [-0.2, -0.15) is 4.98 Å². The molecule has 4 heterocycles. The highest BCUT2D eigenvalue weighted by molar-refractivity contribution is 5.52. The van der Waals surface area contributed by atoms with Gasteiger partial charge in [0.25, 0.3) is 11.6 Å². The fraction of sp³-hybridized carbons (Fsp3) is 0.500. The van der Waals surface area contributed by atoms with Gasteiger partial charge in [0.05, 0.1) is 11.4 Å². The molecule has 120 valence electrons. The van der Waals surface area contributed by atoms with E-state index in [9.17, 15) is 4.79 Å². The average molecular weight is 313 g/mol. The number of piperidine rings is 1. The summed E-state index contributed by atoms with van der Waals surface area (Å²) in [6.07, 6.45) is 7.52. The summed E-state index contributed by atoms with van der Waals surface area (Å²) in [5.41, 5.74) is 0.982. The second kappa shape index (κ2) is 5.73. The summed E-state index contributed by atoms with van der Waals surface area (Å²) in [5.74, 6) is 0. The number of hydrogen-bond donors (Lipinski definition) is 1. The molecular formula is C16H19N5O2. The molecule has 2 saturated heterocycles. The summed E-state index contributed by atoms with van der Waals surface area (Å²) in [6, 6.07) is 4.62. The molecule has 0 radical (unpaired) electrons. The standard InChI is InChI=1S/C16H19N5O2/c1-21-15(22)8-14(13-4-5-17-9-18-13)20-16(21)23-12-6-10-2-3-11(7-12)19-10/h4-5,8-12,19H,2-3,6-7H2,1H3/t10-,11+,12+. The van der Waals surface area contributed by atoms with Crippen LogP contribution in [0.1, 0.15) is 25.7 Å². The summed E-state index contributed by atoms with van der Waals surface area (Å²) >= 11 is 0. The molecule has 2 bridgehead atoms. The summed E-state index contributed by atoms with van der Waals surface area (Å²) in [6.45, 7) is 0. The van der Waals surface area contributed by atoms with Gasteiger partial charge >= 0.3 is 0 Å². The maximum absolute atomic E-state index is 12.2. The molecule has 2 fully saturated rings. The third kappa shape index (κ3) is 2.84. The normalized spacial score (nSPS) is 26.2. The molecule has 0 saturated carbocycles. The Bertz CT molecular complexity index is 749. The summed E-state index contributed by atoms with van der Waals surface area (Å²) in [4.78, 5) is 24.7. The molecule has 4 rings (SSSR count). The number of rotatable bonds is 3. The predicted molar refractivity (Wildman–Crippen MR) is 84.1 cm³/mol. The number of nitrogens with one attached hydrogen (secondary N) is 1. The molecule has 3 atom stereocenters. The zero-order valence-electron chi connectivity index (χ0n) is 13.0. The monoisotopic (exact) mass is 313 g/mol. The van der Waals surface area contributed by atoms with Gasteiger partial charge in [-0.1, -0.05) is 0 Å². The maximum Gasteiger partial charge on any atom is 0.299 e. The fourth-order valence-corrected chi connectivity index (χ4v) is 3.45. The van der Waals surface area contributed by atoms with Gasteiger partial charge in [-0.05, 0) is 31.7 Å². The second-order valence-electron chi connectivity index (χ2n) is 6.26. The Morgan fingerprint density at radius 2 is 2.04 bits per heavy atom. The summed E-state index contributed by atoms with van der Waals surface area (Å²) in [7, 11) is 1.68. The summed E-state index contributed by atoms with van der Waals surface area (Å²) in [5, 5.41) is 3.58. The molecule has 7 nitrogen and oxygen atoms in total. The van der Waals surface area contributed by atoms with Crippen LogP contribution in [-0.2, 0) is 7.05 Å². The lowest BCUT2D eigenvalue weighted by Gasteiger charge is -2.29. The van der Waals surface area contributed by atoms with Crippen molar-refractivity contribution in [3.8, 4) is 17.4 Å². The zero-order chi connectivity index (χ0) is 15.8. The van der Waals surface area contributed by atoms with Crippen molar-refractivity contribution in [2.45, 2.75) is 43.9 Å². The van der Waals surface area contributed by atoms with E-state index in [-0.39, 0.29) is 11.7 Å². The van der Waals surface area contributed by atoms with Crippen LogP contribution < -0.4 is 15.6 Å². The van der Waals surface area contributed by atoms with E-state index in [1.807, 2.05) is 0 Å². The van der Waals surface area contributed by atoms with Crippen molar-refractivity contribution in [3.05, 3.63) is 35.0 Å². The van der Waals surface area contributed by atoms with Crippen molar-refractivity contribution in [1.82, 2.24) is 24.8 Å². The van der Waals surface area contributed by atoms with Gasteiger partial charge in [0.15, 0.2) is 0 Å². The number of nitrogens with zero attached hydrogens (tertiary/aromatic N) is 4. The van der Waals surface area contributed by atoms with Crippen LogP contribution in [0.3, 0.4) is 0 Å². The molecule has 2 aliphatic heterocycles. The van der Waals surface area contributed by atoms with Crippen LogP contribution in [0.5, 0.6) is 6.01 Å². The van der Waals surface area contributed by atoms with E-state index >= 15 is 0 Å². The molecule has 7 heteroatoms. The minimum Gasteiger partial charge on any atom is -0.461 e. The van der Waals surface area contributed by atoms with E-state index in [0.717, 1.165) is 12.8 Å². The van der Waals surface area contributed by atoms with Gasteiger partial charge in [-0.15, -0.1) is 0 Å². The van der Waals surface area contributed by atoms with Crippen LogP contribution in [-0.4, -0.2) is 37.7 Å². The first-order valence-electron chi connectivity index (χ1n) is 7.96. The Balaban J connectivity index is 1.63. The largest absolute Gasteiger partial charge is 0.461 e. The minimum atomic E-state index is -0.152. The first-order valence-corrected chi connectivity index (χ1v) is 7.96. The van der Waals surface area contributed by atoms with Gasteiger partial charge in [-0.3, -0.25) is 9.36 Å². The van der Waals surface area contributed by atoms with Crippen LogP contribution in [0.25, 0.3) is 11.4 Å². The first-order chi connectivity index (χ1) is 11.2. The molecular weight excluding hydrogens is 294 g/mol. The van der Waals surface area contributed by atoms with Gasteiger partial charge in [-0.25, -0.2) is 9.97 Å². The second-order valence-corrected chi connectivity index (χ2v) is 6.26. The van der Waals surface area contributed by atoms with Gasteiger partial charge in [0.2, 0.25) is 0 Å². The number of fused-ring (bicyclic) bond motifs is 2. The predicted octanol–water partition coefficient (Wildman–Crippen LogP) is 0.899. The number of ether oxygens (including phenoxy) is 1. The Labute approximate surface area is 133 Å². The molecule has 0 amide bonds. The fourth-order valence-electron chi connectivity index (χ4n) is 3.45. The van der Waals surface area contributed by atoms with Gasteiger partial charge < -0.3 is 10.1 Å². The van der Waals surface area contributed by atoms with Crippen LogP contribution in [0.2, 0.25) is 0 Å². The lowest BCUT2D eigenvalue weighted by atomic mass is 10.0. The van der Waals surface area contributed by atoms with Gasteiger partial charge in [0, 0.05) is 31.4 Å². The highest BCUT2D eigenvalue weighted by Crippen LogP contribution is 2.29. The average Bonchev–Trinajstić information content (AvgIpc) is 2.91. The SMILES string of the molecule is Cn1c(O[C@H]2C[C@H]3CC[C@@H](C2)N3)nc(-c2ccncn2)cc1=O. The maximum atomic E-state index is 12.2. The molecule has 23 heavy (non-hydrogen) atoms. The minimum absolute atomic E-state index is 0.104. The van der Waals surface area contributed by atoms with E-state index in [1.54, 1.807) is 19.3 Å². The van der Waals surface area contributed by atoms with E-state index < -0.39 is 0 Å². The molecule has 0 unspecified atom stereocenters. The van der Waals surface area contributed by atoms with Gasteiger partial charge in [0.1, 0.15) is 12.4 Å². The molecule has 0 aliphatic carbocycles. The topological polar surface area (TPSA) is 81.9 Å². The Kier molecular flexibility index (Phi) is 3.57. The van der Waals surface area contributed by atoms with E-state index in [1.165, 1.54) is 29.8 Å². The van der Waals surface area contributed by atoms with Crippen LogP contribution in [0.4, 0.5) is 0 Å². The van der Waals surface area contributed by atoms with E-state index in [4.69, 9.17) is 4.74 Å². The number of aromatic nitrogens is 4. The molecule has 2 aromatic heterocycles. The van der Waals surface area contributed by atoms with E-state index in [2.05, 4.69) is 20.3 Å². The van der Waals surface area contributed by atoms with Crippen molar-refractivity contribution >= 4 is 0 Å². The van der Waals surface area contributed by atoms with Crippen molar-refractivity contribution in [3.63, 3.8) is 0 Å². The Hall–Kier alpha value is -2.28. The van der Waals surface area contributed by atoms with Crippen LogP contribution >= 0.6 is 0 Å². The van der Waals surface area contributed by atoms with Crippen LogP contribution in [0.15, 0.2) is 29.5 Å². The highest BCUT2D eigenvalue weighted by atomic mass is 16.5. The van der Waals surface area contributed by atoms with Crippen molar-refractivity contribution in [2.75, 3.05) is 0 Å². The molecule has 1 N–H and O–H groups in total. The lowest BCUT2D eigenvalue weighted by molar-refractivity contribution is 0.120. The smallest absolute Gasteiger partial charge is 0.299 e. The highest BCUT2D eigenvalue weighted by Gasteiger charge is 2.35. The number of hydrogen-bond acceptors (Lipinski definition) is 6. The Morgan fingerprint density at radius 1 is 1.26 bits per heavy atom. The molecule has 2 aliphatic rings. The molecule has 0 aromatic carbocycles. The molecule has 2 aromatic rings. The third-order valence-corrected chi connectivity index (χ3v) is 4.64. The van der Waals surface area contributed by atoms with E-state index in [0.29, 0.717) is 29.5 Å². The zero-order valence-corrected chi connectivity index (χ0v) is 13.0. The third-order valence-electron chi connectivity index (χ3n) is 4.64. The van der Waals surface area contributed by atoms with Crippen molar-refractivity contribution in [1.29, 1.82) is 0 Å². The van der Waals surface area contributed by atoms with Crippen molar-refractivity contribution in [2.24, 2.45) is 7.05 Å². The molecule has 0 spiro atoms. The lowest BCUT2D eigenvalue weighted by Crippen LogP contribution is -2.43. The summed E-state index contributed by atoms with van der Waals surface area (Å²) < 4.78 is 7.53. The Morgan fingerprint density at radius 3 is 2.74 bits per heavy atom. The van der Waals surface area contributed by atoms with Crippen molar-refractivity contribution < 1.29 is 4.74 Å². The van der Waals surface area contributed by atoms with Crippen LogP contribution in [0, 0.1) is 0 Å². The quantitative estimate of drug-likeness (QED) is 0.906. The first kappa shape index (κ1) is 14.3.